The molecule has 0 bridgehead atoms. The number of amides is 1. The third kappa shape index (κ3) is 9.07. The summed E-state index contributed by atoms with van der Waals surface area (Å²) in [5.74, 6) is -0.438. The molecule has 45 heavy (non-hydrogen) atoms. The van der Waals surface area contributed by atoms with Crippen LogP contribution in [0, 0.1) is 0 Å². The summed E-state index contributed by atoms with van der Waals surface area (Å²) >= 11 is 12.6. The Labute approximate surface area is 272 Å². The monoisotopic (exact) mass is 653 g/mol. The summed E-state index contributed by atoms with van der Waals surface area (Å²) in [6.45, 7) is 6.30. The summed E-state index contributed by atoms with van der Waals surface area (Å²) in [7, 11) is 0. The normalized spacial score (nSPS) is 18.4. The van der Waals surface area contributed by atoms with Crippen LogP contribution < -0.4 is 20.7 Å². The van der Waals surface area contributed by atoms with E-state index < -0.39 is 5.79 Å². The molecule has 0 aliphatic carbocycles. The molecule has 238 valence electrons. The van der Waals surface area contributed by atoms with Gasteiger partial charge < -0.3 is 30.2 Å². The molecule has 1 amide bonds. The lowest BCUT2D eigenvalue weighted by atomic mass is 10.1. The number of hydrogen-bond acceptors (Lipinski definition) is 9. The van der Waals surface area contributed by atoms with Gasteiger partial charge in [-0.05, 0) is 77.9 Å². The Kier molecular flexibility index (Phi) is 11.1. The molecule has 0 radical (unpaired) electrons. The van der Waals surface area contributed by atoms with E-state index in [-0.39, 0.29) is 31.2 Å². The zero-order valence-electron chi connectivity index (χ0n) is 25.2. The van der Waals surface area contributed by atoms with Crippen molar-refractivity contribution >= 4 is 40.5 Å². The van der Waals surface area contributed by atoms with Crippen LogP contribution in [-0.2, 0) is 33.0 Å². The number of halogens is 2. The van der Waals surface area contributed by atoms with Crippen molar-refractivity contribution < 1.29 is 19.0 Å². The SMILES string of the molecule is CCC(C)NC(=O)Cc1ccc(NCCNc2ccc(OC[C@@H]3CO[C@@](Cn4cnnn4)(c4ccc(Cl)cc4Cl)O3)cc2)cc1. The van der Waals surface area contributed by atoms with Gasteiger partial charge in [0.15, 0.2) is 0 Å². The zero-order valence-corrected chi connectivity index (χ0v) is 26.7. The van der Waals surface area contributed by atoms with Gasteiger partial charge in [0, 0.05) is 41.1 Å². The molecule has 2 heterocycles. The van der Waals surface area contributed by atoms with Gasteiger partial charge in [0.05, 0.1) is 18.1 Å². The third-order valence-corrected chi connectivity index (χ3v) is 7.92. The number of benzene rings is 3. The molecular formula is C32H37Cl2N7O4. The van der Waals surface area contributed by atoms with Crippen LogP contribution in [0.4, 0.5) is 11.4 Å². The highest BCUT2D eigenvalue weighted by atomic mass is 35.5. The molecule has 4 aromatic rings. The van der Waals surface area contributed by atoms with Crippen LogP contribution in [0.2, 0.25) is 10.0 Å². The second kappa shape index (κ2) is 15.4. The van der Waals surface area contributed by atoms with E-state index in [1.807, 2.05) is 55.5 Å². The molecule has 0 saturated carbocycles. The molecular weight excluding hydrogens is 617 g/mol. The van der Waals surface area contributed by atoms with Crippen LogP contribution in [0.5, 0.6) is 5.75 Å². The summed E-state index contributed by atoms with van der Waals surface area (Å²) < 4.78 is 20.1. The van der Waals surface area contributed by atoms with Gasteiger partial charge in [-0.25, -0.2) is 4.68 Å². The summed E-state index contributed by atoms with van der Waals surface area (Å²) in [5.41, 5.74) is 3.61. The number of anilines is 2. The average molecular weight is 655 g/mol. The van der Waals surface area contributed by atoms with E-state index in [1.165, 1.54) is 11.0 Å². The number of ether oxygens (including phenoxy) is 3. The maximum atomic E-state index is 12.1. The average Bonchev–Trinajstić information content (AvgIpc) is 3.70. The van der Waals surface area contributed by atoms with Crippen LogP contribution >= 0.6 is 23.2 Å². The Morgan fingerprint density at radius 1 is 1.07 bits per heavy atom. The van der Waals surface area contributed by atoms with Crippen molar-refractivity contribution in [2.45, 2.75) is 51.2 Å². The summed E-state index contributed by atoms with van der Waals surface area (Å²) in [6, 6.07) is 21.1. The molecule has 1 saturated heterocycles. The quantitative estimate of drug-likeness (QED) is 0.146. The molecule has 13 heteroatoms. The van der Waals surface area contributed by atoms with Crippen molar-refractivity contribution in [1.82, 2.24) is 25.5 Å². The van der Waals surface area contributed by atoms with Crippen molar-refractivity contribution in [2.75, 3.05) is 36.9 Å². The van der Waals surface area contributed by atoms with Gasteiger partial charge in [-0.3, -0.25) is 4.79 Å². The van der Waals surface area contributed by atoms with Crippen molar-refractivity contribution in [2.24, 2.45) is 0 Å². The van der Waals surface area contributed by atoms with E-state index in [1.54, 1.807) is 18.2 Å². The smallest absolute Gasteiger partial charge is 0.224 e. The largest absolute Gasteiger partial charge is 0.491 e. The van der Waals surface area contributed by atoms with Crippen LogP contribution in [0.1, 0.15) is 31.4 Å². The Balaban J connectivity index is 1.06. The molecule has 1 unspecified atom stereocenters. The summed E-state index contributed by atoms with van der Waals surface area (Å²) in [6.07, 6.45) is 2.44. The highest BCUT2D eigenvalue weighted by Gasteiger charge is 2.45. The molecule has 3 atom stereocenters. The van der Waals surface area contributed by atoms with Gasteiger partial charge in [-0.2, -0.15) is 0 Å². The Hall–Kier alpha value is -3.90. The van der Waals surface area contributed by atoms with Gasteiger partial charge >= 0.3 is 0 Å². The first-order valence-electron chi connectivity index (χ1n) is 14.9. The number of carbonyl (C=O) groups excluding carboxylic acids is 1. The molecule has 0 spiro atoms. The second-order valence-electron chi connectivity index (χ2n) is 10.9. The topological polar surface area (TPSA) is 124 Å². The van der Waals surface area contributed by atoms with Crippen molar-refractivity contribution in [3.05, 3.63) is 94.2 Å². The number of nitrogens with zero attached hydrogens (tertiary/aromatic N) is 4. The summed E-state index contributed by atoms with van der Waals surface area (Å²) in [5, 5.41) is 22.1. The number of carbonyl (C=O) groups is 1. The van der Waals surface area contributed by atoms with E-state index in [0.29, 0.717) is 34.4 Å². The maximum Gasteiger partial charge on any atom is 0.224 e. The molecule has 3 N–H and O–H groups in total. The lowest BCUT2D eigenvalue weighted by Gasteiger charge is -2.29. The number of rotatable bonds is 15. The van der Waals surface area contributed by atoms with Gasteiger partial charge in [0.1, 0.15) is 31.3 Å². The van der Waals surface area contributed by atoms with Gasteiger partial charge in [-0.1, -0.05) is 48.3 Å². The van der Waals surface area contributed by atoms with E-state index in [9.17, 15) is 4.79 Å². The standard InChI is InChI=1S/C32H37Cl2N7O4/c1-3-22(2)38-31(42)16-23-4-7-25(8-5-23)35-14-15-36-26-9-11-27(12-10-26)43-18-28-19-44-32(45-28,20-41-21-37-39-40-41)29-13-6-24(33)17-30(29)34/h4-13,17,21-22,28,35-36H,3,14-16,18-20H2,1-2H3,(H,38,42)/t22?,28-,32-/m1/s1. The van der Waals surface area contributed by atoms with Crippen molar-refractivity contribution in [3.8, 4) is 5.75 Å². The first kappa shape index (κ1) is 32.5. The van der Waals surface area contributed by atoms with E-state index >= 15 is 0 Å². The number of tetrazole rings is 1. The zero-order chi connectivity index (χ0) is 31.6. The van der Waals surface area contributed by atoms with Gasteiger partial charge in [0.25, 0.3) is 0 Å². The number of nitrogens with one attached hydrogen (secondary N) is 3. The predicted molar refractivity (Wildman–Crippen MR) is 174 cm³/mol. The van der Waals surface area contributed by atoms with Crippen LogP contribution in [0.15, 0.2) is 73.1 Å². The Morgan fingerprint density at radius 2 is 1.78 bits per heavy atom. The fraction of sp³-hybridized carbons (Fsp3) is 0.375. The molecule has 1 aliphatic rings. The summed E-state index contributed by atoms with van der Waals surface area (Å²) in [4.78, 5) is 12.1. The fourth-order valence-electron chi connectivity index (χ4n) is 4.85. The minimum atomic E-state index is -1.20. The Morgan fingerprint density at radius 3 is 2.42 bits per heavy atom. The number of aromatic nitrogens is 4. The highest BCUT2D eigenvalue weighted by molar-refractivity contribution is 6.35. The number of hydrogen-bond donors (Lipinski definition) is 3. The van der Waals surface area contributed by atoms with E-state index in [0.717, 1.165) is 36.4 Å². The molecule has 5 rings (SSSR count). The van der Waals surface area contributed by atoms with E-state index in [4.69, 9.17) is 37.4 Å². The maximum absolute atomic E-state index is 12.1. The van der Waals surface area contributed by atoms with Crippen LogP contribution in [0.3, 0.4) is 0 Å². The van der Waals surface area contributed by atoms with Crippen LogP contribution in [0.25, 0.3) is 0 Å². The molecule has 1 aromatic heterocycles. The second-order valence-corrected chi connectivity index (χ2v) is 11.7. The minimum Gasteiger partial charge on any atom is -0.491 e. The fourth-order valence-corrected chi connectivity index (χ4v) is 5.40. The highest BCUT2D eigenvalue weighted by Crippen LogP contribution is 2.40. The molecule has 11 nitrogen and oxygen atoms in total. The molecule has 3 aromatic carbocycles. The minimum absolute atomic E-state index is 0.0467. The predicted octanol–water partition coefficient (Wildman–Crippen LogP) is 5.31. The first-order chi connectivity index (χ1) is 21.8. The lowest BCUT2D eigenvalue weighted by Crippen LogP contribution is -2.35. The van der Waals surface area contributed by atoms with Gasteiger partial charge in [0.2, 0.25) is 11.7 Å². The van der Waals surface area contributed by atoms with E-state index in [2.05, 4.69) is 38.4 Å². The first-order valence-corrected chi connectivity index (χ1v) is 15.6. The van der Waals surface area contributed by atoms with Gasteiger partial charge in [-0.15, -0.1) is 5.10 Å². The lowest BCUT2D eigenvalue weighted by molar-refractivity contribution is -0.190. The molecule has 1 aliphatic heterocycles. The van der Waals surface area contributed by atoms with Crippen molar-refractivity contribution in [1.29, 1.82) is 0 Å². The third-order valence-electron chi connectivity index (χ3n) is 7.37. The van der Waals surface area contributed by atoms with Crippen LogP contribution in [-0.4, -0.2) is 64.6 Å². The van der Waals surface area contributed by atoms with Crippen molar-refractivity contribution in [3.63, 3.8) is 0 Å². The Bertz CT molecular complexity index is 1520. The molecule has 1 fully saturated rings.